The number of nitrogen functional groups attached to an aromatic ring is 1. The van der Waals surface area contributed by atoms with Gasteiger partial charge < -0.3 is 20.7 Å². The van der Waals surface area contributed by atoms with E-state index in [9.17, 15) is 18.7 Å². The summed E-state index contributed by atoms with van der Waals surface area (Å²) in [6.07, 6.45) is 6.02. The van der Waals surface area contributed by atoms with E-state index in [1.165, 1.54) is 18.6 Å². The molecule has 0 saturated carbocycles. The predicted molar refractivity (Wildman–Crippen MR) is 125 cm³/mol. The van der Waals surface area contributed by atoms with Crippen LogP contribution in [-0.4, -0.2) is 50.1 Å². The number of nitrogens with zero attached hydrogens (tertiary/aromatic N) is 3. The fraction of sp³-hybridized carbons (Fsp3) is 0.208. The second kappa shape index (κ2) is 8.66. The minimum atomic E-state index is -0.602. The van der Waals surface area contributed by atoms with Gasteiger partial charge in [0.25, 0.3) is 5.91 Å². The van der Waals surface area contributed by atoms with Crippen LogP contribution >= 0.6 is 11.6 Å². The molecule has 34 heavy (non-hydrogen) atoms. The van der Waals surface area contributed by atoms with Gasteiger partial charge in [-0.2, -0.15) is 0 Å². The van der Waals surface area contributed by atoms with Crippen LogP contribution in [0, 0.1) is 11.6 Å². The van der Waals surface area contributed by atoms with Gasteiger partial charge in [-0.1, -0.05) is 11.6 Å². The summed E-state index contributed by atoms with van der Waals surface area (Å²) in [5, 5.41) is 10.2. The molecule has 0 unspecified atom stereocenters. The van der Waals surface area contributed by atoms with E-state index >= 15 is 0 Å². The lowest BCUT2D eigenvalue weighted by molar-refractivity contribution is 0.0678. The van der Waals surface area contributed by atoms with Crippen molar-refractivity contribution in [3.05, 3.63) is 65.1 Å². The zero-order valence-corrected chi connectivity index (χ0v) is 18.6. The fourth-order valence-corrected chi connectivity index (χ4v) is 4.77. The number of likely N-dealkylation sites (tertiary alicyclic amines) is 1. The Morgan fingerprint density at radius 3 is 2.82 bits per heavy atom. The molecule has 4 heterocycles. The number of halogens is 3. The lowest BCUT2D eigenvalue weighted by Crippen LogP contribution is -2.38. The Labute approximate surface area is 198 Å². The molecule has 3 aromatic heterocycles. The Morgan fingerprint density at radius 1 is 1.21 bits per heavy atom. The highest BCUT2D eigenvalue weighted by Crippen LogP contribution is 2.40. The number of nitrogens with two attached hydrogens (primary N) is 1. The number of benzene rings is 1. The third kappa shape index (κ3) is 3.66. The van der Waals surface area contributed by atoms with Crippen LogP contribution in [0.3, 0.4) is 0 Å². The van der Waals surface area contributed by atoms with Gasteiger partial charge >= 0.3 is 0 Å². The van der Waals surface area contributed by atoms with E-state index < -0.39 is 11.6 Å². The summed E-state index contributed by atoms with van der Waals surface area (Å²) in [6.45, 7) is 0.395. The van der Waals surface area contributed by atoms with Gasteiger partial charge in [0.15, 0.2) is 0 Å². The first-order valence-electron chi connectivity index (χ1n) is 10.7. The van der Waals surface area contributed by atoms with Crippen LogP contribution in [0.2, 0.25) is 5.02 Å². The highest BCUT2D eigenvalue weighted by atomic mass is 35.5. The summed E-state index contributed by atoms with van der Waals surface area (Å²) in [5.74, 6) is -1.45. The number of carbonyl (C=O) groups excluding carboxylic acids is 1. The van der Waals surface area contributed by atoms with Gasteiger partial charge in [0.2, 0.25) is 0 Å². The first-order chi connectivity index (χ1) is 16.4. The van der Waals surface area contributed by atoms with E-state index in [0.29, 0.717) is 40.7 Å². The smallest absolute Gasteiger partial charge is 0.257 e. The molecular weight excluding hydrogens is 464 g/mol. The molecule has 174 valence electrons. The average Bonchev–Trinajstić information content (AvgIpc) is 3.48. The molecule has 0 radical (unpaired) electrons. The molecule has 1 atom stereocenters. The fourth-order valence-electron chi connectivity index (χ4n) is 4.42. The SMILES string of the molecule is Nc1ncc(-c2cnc3[nH]cc(-c4cc(F)ccc4F)c3c2Cl)cc1C(=O)N1CCC[C@H]1CO. The molecule has 1 saturated heterocycles. The van der Waals surface area contributed by atoms with E-state index in [1.54, 1.807) is 11.0 Å². The third-order valence-corrected chi connectivity index (χ3v) is 6.56. The van der Waals surface area contributed by atoms with Gasteiger partial charge in [-0.05, 0) is 37.1 Å². The standard InChI is InChI=1S/C24H20ClF2N5O2/c25-21-17(9-30-23-20(21)18(10-31-23)15-7-13(26)3-4-19(15)27)12-6-16(22(28)29-8-12)24(34)32-5-1-2-14(32)11-33/h3-4,6-10,14,33H,1-2,5,11H2,(H2,28,29)(H,30,31)/t14-/m0/s1. The summed E-state index contributed by atoms with van der Waals surface area (Å²) < 4.78 is 28.3. The largest absolute Gasteiger partial charge is 0.394 e. The molecule has 7 nitrogen and oxygen atoms in total. The maximum absolute atomic E-state index is 14.5. The zero-order chi connectivity index (χ0) is 24.0. The molecule has 0 aliphatic carbocycles. The highest BCUT2D eigenvalue weighted by molar-refractivity contribution is 6.39. The van der Waals surface area contributed by atoms with Gasteiger partial charge in [0.05, 0.1) is 23.2 Å². The highest BCUT2D eigenvalue weighted by Gasteiger charge is 2.30. The van der Waals surface area contributed by atoms with Crippen molar-refractivity contribution in [3.8, 4) is 22.3 Å². The topological polar surface area (TPSA) is 108 Å². The van der Waals surface area contributed by atoms with Crippen molar-refractivity contribution in [2.75, 3.05) is 18.9 Å². The molecule has 5 rings (SSSR count). The summed E-state index contributed by atoms with van der Waals surface area (Å²) in [4.78, 5) is 26.2. The van der Waals surface area contributed by atoms with Crippen LogP contribution in [0.1, 0.15) is 23.2 Å². The summed E-state index contributed by atoms with van der Waals surface area (Å²) in [7, 11) is 0. The Bertz CT molecular complexity index is 1420. The lowest BCUT2D eigenvalue weighted by atomic mass is 10.0. The minimum absolute atomic E-state index is 0.0440. The van der Waals surface area contributed by atoms with Crippen LogP contribution in [-0.2, 0) is 0 Å². The number of aromatic nitrogens is 3. The van der Waals surface area contributed by atoms with Gasteiger partial charge in [0, 0.05) is 52.8 Å². The van der Waals surface area contributed by atoms with Crippen molar-refractivity contribution in [1.82, 2.24) is 19.9 Å². The number of nitrogens with one attached hydrogen (secondary N) is 1. The number of H-pyrrole nitrogens is 1. The zero-order valence-electron chi connectivity index (χ0n) is 17.9. The van der Waals surface area contributed by atoms with Crippen molar-refractivity contribution in [2.24, 2.45) is 0 Å². The number of aliphatic hydroxyl groups is 1. The van der Waals surface area contributed by atoms with E-state index in [4.69, 9.17) is 17.3 Å². The Kier molecular flexibility index (Phi) is 5.66. The monoisotopic (exact) mass is 483 g/mol. The quantitative estimate of drug-likeness (QED) is 0.398. The number of carbonyl (C=O) groups is 1. The number of rotatable bonds is 4. The molecule has 10 heteroatoms. The molecule has 4 N–H and O–H groups in total. The number of pyridine rings is 2. The van der Waals surface area contributed by atoms with Crippen molar-refractivity contribution in [3.63, 3.8) is 0 Å². The van der Waals surface area contributed by atoms with Gasteiger partial charge in [-0.3, -0.25) is 4.79 Å². The molecule has 1 aliphatic rings. The second-order valence-corrected chi connectivity index (χ2v) is 8.55. The maximum atomic E-state index is 14.5. The third-order valence-electron chi connectivity index (χ3n) is 6.17. The van der Waals surface area contributed by atoms with Crippen LogP contribution < -0.4 is 5.73 Å². The van der Waals surface area contributed by atoms with E-state index in [1.807, 2.05) is 0 Å². The van der Waals surface area contributed by atoms with Crippen LogP contribution in [0.15, 0.2) is 42.9 Å². The number of amides is 1. The van der Waals surface area contributed by atoms with Crippen LogP contribution in [0.5, 0.6) is 0 Å². The molecule has 1 fully saturated rings. The van der Waals surface area contributed by atoms with Gasteiger partial charge in [0.1, 0.15) is 23.1 Å². The van der Waals surface area contributed by atoms with E-state index in [0.717, 1.165) is 24.6 Å². The number of anilines is 1. The molecule has 4 aromatic rings. The number of aliphatic hydroxyl groups excluding tert-OH is 1. The van der Waals surface area contributed by atoms with E-state index in [-0.39, 0.29) is 40.5 Å². The number of hydrogen-bond donors (Lipinski definition) is 3. The molecule has 0 bridgehead atoms. The van der Waals surface area contributed by atoms with Crippen LogP contribution in [0.25, 0.3) is 33.3 Å². The van der Waals surface area contributed by atoms with Crippen LogP contribution in [0.4, 0.5) is 14.6 Å². The minimum Gasteiger partial charge on any atom is -0.394 e. The van der Waals surface area contributed by atoms with Crippen molar-refractivity contribution in [1.29, 1.82) is 0 Å². The number of hydrogen-bond acceptors (Lipinski definition) is 5. The lowest BCUT2D eigenvalue weighted by Gasteiger charge is -2.23. The summed E-state index contributed by atoms with van der Waals surface area (Å²) in [6, 6.07) is 4.51. The van der Waals surface area contributed by atoms with Crippen molar-refractivity contribution in [2.45, 2.75) is 18.9 Å². The molecule has 1 amide bonds. The number of fused-ring (bicyclic) bond motifs is 1. The van der Waals surface area contributed by atoms with Crippen molar-refractivity contribution >= 4 is 34.4 Å². The first-order valence-corrected chi connectivity index (χ1v) is 11.1. The Hall–Kier alpha value is -3.56. The molecular formula is C24H20ClF2N5O2. The Balaban J connectivity index is 1.62. The summed E-state index contributed by atoms with van der Waals surface area (Å²) in [5.41, 5.74) is 7.95. The van der Waals surface area contributed by atoms with Gasteiger partial charge in [-0.15, -0.1) is 0 Å². The first kappa shape index (κ1) is 22.2. The maximum Gasteiger partial charge on any atom is 0.257 e. The molecule has 1 aliphatic heterocycles. The normalized spacial score (nSPS) is 15.9. The molecule has 0 spiro atoms. The van der Waals surface area contributed by atoms with Gasteiger partial charge in [-0.25, -0.2) is 18.7 Å². The summed E-state index contributed by atoms with van der Waals surface area (Å²) >= 11 is 6.75. The van der Waals surface area contributed by atoms with Crippen molar-refractivity contribution < 1.29 is 18.7 Å². The predicted octanol–water partition coefficient (Wildman–Crippen LogP) is 4.40. The second-order valence-electron chi connectivity index (χ2n) is 8.17. The average molecular weight is 484 g/mol. The van der Waals surface area contributed by atoms with E-state index in [2.05, 4.69) is 15.0 Å². The Morgan fingerprint density at radius 2 is 2.03 bits per heavy atom. The molecule has 1 aromatic carbocycles. The number of aromatic amines is 1.